The molecule has 0 saturated carbocycles. The van der Waals surface area contributed by atoms with Crippen molar-refractivity contribution in [3.63, 3.8) is 0 Å². The molecular formula is C18H19ClFNO3. The summed E-state index contributed by atoms with van der Waals surface area (Å²) < 4.78 is 23.7. The molecule has 2 rings (SSSR count). The van der Waals surface area contributed by atoms with Crippen LogP contribution in [0.1, 0.15) is 34.5 Å². The monoisotopic (exact) mass is 351 g/mol. The van der Waals surface area contributed by atoms with Crippen LogP contribution < -0.4 is 14.8 Å². The van der Waals surface area contributed by atoms with E-state index in [2.05, 4.69) is 5.32 Å². The van der Waals surface area contributed by atoms with Gasteiger partial charge in [0.1, 0.15) is 17.3 Å². The average Bonchev–Trinajstić information content (AvgIpc) is 2.54. The molecule has 24 heavy (non-hydrogen) atoms. The van der Waals surface area contributed by atoms with E-state index in [0.717, 1.165) is 5.56 Å². The zero-order valence-electron chi connectivity index (χ0n) is 13.9. The van der Waals surface area contributed by atoms with Crippen molar-refractivity contribution in [2.75, 3.05) is 14.2 Å². The van der Waals surface area contributed by atoms with Crippen LogP contribution in [-0.2, 0) is 0 Å². The Labute approximate surface area is 145 Å². The van der Waals surface area contributed by atoms with E-state index in [1.165, 1.54) is 26.4 Å². The Morgan fingerprint density at radius 1 is 1.17 bits per heavy atom. The Morgan fingerprint density at radius 3 is 2.25 bits per heavy atom. The van der Waals surface area contributed by atoms with Crippen LogP contribution in [0.4, 0.5) is 4.39 Å². The number of carbonyl (C=O) groups is 1. The molecule has 4 nitrogen and oxygen atoms in total. The zero-order valence-corrected chi connectivity index (χ0v) is 14.7. The molecule has 6 heteroatoms. The van der Waals surface area contributed by atoms with E-state index in [1.54, 1.807) is 25.1 Å². The van der Waals surface area contributed by atoms with E-state index in [9.17, 15) is 9.18 Å². The predicted molar refractivity (Wildman–Crippen MR) is 91.6 cm³/mol. The molecule has 0 radical (unpaired) electrons. The highest BCUT2D eigenvalue weighted by molar-refractivity contribution is 6.31. The minimum absolute atomic E-state index is 0.266. The van der Waals surface area contributed by atoms with Crippen LogP contribution in [0.15, 0.2) is 30.3 Å². The molecule has 2 aromatic rings. The van der Waals surface area contributed by atoms with E-state index >= 15 is 0 Å². The van der Waals surface area contributed by atoms with Gasteiger partial charge in [-0.1, -0.05) is 17.7 Å². The van der Waals surface area contributed by atoms with Crippen molar-refractivity contribution in [2.24, 2.45) is 0 Å². The van der Waals surface area contributed by atoms with Crippen LogP contribution in [0.25, 0.3) is 0 Å². The van der Waals surface area contributed by atoms with E-state index in [1.807, 2.05) is 6.92 Å². The molecule has 0 bridgehead atoms. The van der Waals surface area contributed by atoms with Gasteiger partial charge in [-0.15, -0.1) is 0 Å². The molecule has 0 spiro atoms. The number of rotatable bonds is 5. The summed E-state index contributed by atoms with van der Waals surface area (Å²) in [5.41, 5.74) is 1.85. The van der Waals surface area contributed by atoms with Crippen molar-refractivity contribution in [1.29, 1.82) is 0 Å². The van der Waals surface area contributed by atoms with Crippen molar-refractivity contribution in [2.45, 2.75) is 19.9 Å². The largest absolute Gasteiger partial charge is 0.496 e. The van der Waals surface area contributed by atoms with Crippen LogP contribution >= 0.6 is 11.6 Å². The van der Waals surface area contributed by atoms with Crippen LogP contribution in [0.2, 0.25) is 5.02 Å². The number of benzene rings is 2. The van der Waals surface area contributed by atoms with Gasteiger partial charge < -0.3 is 14.8 Å². The minimum Gasteiger partial charge on any atom is -0.496 e. The fraction of sp³-hybridized carbons (Fsp3) is 0.278. The average molecular weight is 352 g/mol. The van der Waals surface area contributed by atoms with Gasteiger partial charge >= 0.3 is 0 Å². The maximum absolute atomic E-state index is 13.1. The maximum atomic E-state index is 13.1. The van der Waals surface area contributed by atoms with E-state index < -0.39 is 5.82 Å². The third kappa shape index (κ3) is 3.79. The molecule has 0 aliphatic heterocycles. The lowest BCUT2D eigenvalue weighted by molar-refractivity contribution is 0.0939. The van der Waals surface area contributed by atoms with Gasteiger partial charge in [-0.2, -0.15) is 0 Å². The van der Waals surface area contributed by atoms with Gasteiger partial charge in [-0.05, 0) is 43.7 Å². The van der Waals surface area contributed by atoms with E-state index in [0.29, 0.717) is 22.6 Å². The Bertz CT molecular complexity index is 739. The van der Waals surface area contributed by atoms with Crippen molar-refractivity contribution in [3.8, 4) is 11.5 Å². The summed E-state index contributed by atoms with van der Waals surface area (Å²) in [6.45, 7) is 3.62. The molecule has 0 aliphatic carbocycles. The molecule has 0 aromatic heterocycles. The Morgan fingerprint density at radius 2 is 1.75 bits per heavy atom. The summed E-state index contributed by atoms with van der Waals surface area (Å²) in [5.74, 6) is 0.397. The molecule has 2 aromatic carbocycles. The van der Waals surface area contributed by atoms with Gasteiger partial charge in [0, 0.05) is 16.1 Å². The molecule has 0 fully saturated rings. The Balaban J connectivity index is 2.26. The van der Waals surface area contributed by atoms with Crippen LogP contribution in [0.3, 0.4) is 0 Å². The third-order valence-electron chi connectivity index (χ3n) is 3.79. The number of methoxy groups -OCH3 is 2. The second-order valence-electron chi connectivity index (χ2n) is 5.37. The second-order valence-corrected chi connectivity index (χ2v) is 5.77. The standard InChI is InChI=1S/C18H19ClFNO3/c1-10-16(23-3)7-12(8-17(10)24-4)18(22)21-11(2)14-6-5-13(20)9-15(14)19/h5-9,11H,1-4H3,(H,21,22). The molecular weight excluding hydrogens is 333 g/mol. The number of hydrogen-bond donors (Lipinski definition) is 1. The van der Waals surface area contributed by atoms with Crippen molar-refractivity contribution >= 4 is 17.5 Å². The van der Waals surface area contributed by atoms with Gasteiger partial charge in [0.25, 0.3) is 5.91 Å². The fourth-order valence-corrected chi connectivity index (χ4v) is 2.76. The molecule has 0 saturated heterocycles. The molecule has 0 heterocycles. The lowest BCUT2D eigenvalue weighted by Gasteiger charge is -2.17. The number of hydrogen-bond acceptors (Lipinski definition) is 3. The minimum atomic E-state index is -0.421. The van der Waals surface area contributed by atoms with Gasteiger partial charge in [-0.3, -0.25) is 4.79 Å². The first kappa shape index (κ1) is 18.1. The SMILES string of the molecule is COc1cc(C(=O)NC(C)c2ccc(F)cc2Cl)cc(OC)c1C. The Kier molecular flexibility index (Phi) is 5.67. The first-order chi connectivity index (χ1) is 11.4. The summed E-state index contributed by atoms with van der Waals surface area (Å²) in [5, 5.41) is 3.10. The lowest BCUT2D eigenvalue weighted by Crippen LogP contribution is -2.27. The van der Waals surface area contributed by atoms with Crippen molar-refractivity contribution in [3.05, 3.63) is 57.9 Å². The van der Waals surface area contributed by atoms with Gasteiger partial charge in [0.2, 0.25) is 0 Å². The normalized spacial score (nSPS) is 11.8. The predicted octanol–water partition coefficient (Wildman–Crippen LogP) is 4.30. The number of carbonyl (C=O) groups excluding carboxylic acids is 1. The topological polar surface area (TPSA) is 47.6 Å². The molecule has 1 atom stereocenters. The fourth-order valence-electron chi connectivity index (χ4n) is 2.43. The van der Waals surface area contributed by atoms with Gasteiger partial charge in [0.05, 0.1) is 20.3 Å². The molecule has 1 amide bonds. The molecule has 0 aliphatic rings. The number of ether oxygens (including phenoxy) is 2. The summed E-state index contributed by atoms with van der Waals surface area (Å²) in [4.78, 5) is 12.5. The molecule has 1 unspecified atom stereocenters. The number of amides is 1. The first-order valence-electron chi connectivity index (χ1n) is 7.35. The van der Waals surface area contributed by atoms with Crippen molar-refractivity contribution < 1.29 is 18.7 Å². The van der Waals surface area contributed by atoms with Crippen LogP contribution in [0.5, 0.6) is 11.5 Å². The summed E-state index contributed by atoms with van der Waals surface area (Å²) in [6.07, 6.45) is 0. The molecule has 1 N–H and O–H groups in total. The van der Waals surface area contributed by atoms with E-state index in [-0.39, 0.29) is 17.0 Å². The lowest BCUT2D eigenvalue weighted by atomic mass is 10.1. The number of nitrogens with one attached hydrogen (secondary N) is 1. The highest BCUT2D eigenvalue weighted by Crippen LogP contribution is 2.30. The summed E-state index contributed by atoms with van der Waals surface area (Å²) in [7, 11) is 3.06. The quantitative estimate of drug-likeness (QED) is 0.873. The first-order valence-corrected chi connectivity index (χ1v) is 7.73. The highest BCUT2D eigenvalue weighted by Gasteiger charge is 2.17. The zero-order chi connectivity index (χ0) is 17.9. The van der Waals surface area contributed by atoms with Crippen molar-refractivity contribution in [1.82, 2.24) is 5.32 Å². The van der Waals surface area contributed by atoms with Crippen LogP contribution in [-0.4, -0.2) is 20.1 Å². The van der Waals surface area contributed by atoms with Crippen LogP contribution in [0, 0.1) is 12.7 Å². The summed E-state index contributed by atoms with van der Waals surface area (Å²) in [6, 6.07) is 6.99. The maximum Gasteiger partial charge on any atom is 0.252 e. The second kappa shape index (κ2) is 7.53. The summed E-state index contributed by atoms with van der Waals surface area (Å²) >= 11 is 6.04. The van der Waals surface area contributed by atoms with Gasteiger partial charge in [-0.25, -0.2) is 4.39 Å². The number of halogens is 2. The third-order valence-corrected chi connectivity index (χ3v) is 4.12. The Hall–Kier alpha value is -2.27. The molecule has 128 valence electrons. The smallest absolute Gasteiger partial charge is 0.252 e. The van der Waals surface area contributed by atoms with E-state index in [4.69, 9.17) is 21.1 Å². The highest BCUT2D eigenvalue weighted by atomic mass is 35.5. The van der Waals surface area contributed by atoms with Gasteiger partial charge in [0.15, 0.2) is 0 Å².